The van der Waals surface area contributed by atoms with Crippen LogP contribution in [-0.2, 0) is 4.74 Å². The second-order valence-corrected chi connectivity index (χ2v) is 12.1. The van der Waals surface area contributed by atoms with Crippen LogP contribution in [0.5, 0.6) is 5.75 Å². The Morgan fingerprint density at radius 3 is 1.43 bits per heavy atom. The average Bonchev–Trinajstić information content (AvgIpc) is 3.17. The van der Waals surface area contributed by atoms with Crippen LogP contribution in [0.15, 0.2) is 152 Å². The van der Waals surface area contributed by atoms with Gasteiger partial charge in [0.2, 0.25) is 0 Å². The third-order valence-electron chi connectivity index (χ3n) is 8.16. The maximum absolute atomic E-state index is 5.65. The molecule has 0 unspecified atom stereocenters. The molecule has 0 fully saturated rings. The zero-order valence-electron chi connectivity index (χ0n) is 29.9. The largest absolute Gasteiger partial charge is 0.466 e. The summed E-state index contributed by atoms with van der Waals surface area (Å²) in [5.74, 6) is 0.909. The molecule has 0 saturated heterocycles. The number of nitrogens with zero attached hydrogens (tertiary/aromatic N) is 7. The molecule has 0 saturated carbocycles. The van der Waals surface area contributed by atoms with Crippen molar-refractivity contribution in [2.75, 3.05) is 24.6 Å². The number of rotatable bonds is 19. The van der Waals surface area contributed by atoms with Gasteiger partial charge in [-0.05, 0) is 111 Å². The van der Waals surface area contributed by atoms with Gasteiger partial charge in [-0.2, -0.15) is 20.5 Å². The van der Waals surface area contributed by atoms with Gasteiger partial charge in [0.05, 0.1) is 40.7 Å². The molecule has 0 radical (unpaired) electrons. The van der Waals surface area contributed by atoms with E-state index in [1.165, 1.54) is 31.4 Å². The average molecular weight is 682 g/mol. The highest BCUT2D eigenvalue weighted by Crippen LogP contribution is 2.35. The zero-order valence-corrected chi connectivity index (χ0v) is 29.9. The van der Waals surface area contributed by atoms with Crippen LogP contribution < -0.4 is 9.64 Å². The second kappa shape index (κ2) is 19.5. The minimum absolute atomic E-state index is 0.282. The van der Waals surface area contributed by atoms with Crippen molar-refractivity contribution in [3.05, 3.63) is 122 Å². The summed E-state index contributed by atoms with van der Waals surface area (Å²) >= 11 is 0. The maximum atomic E-state index is 5.65. The van der Waals surface area contributed by atoms with Crippen molar-refractivity contribution in [2.45, 2.75) is 59.3 Å². The number of unbranched alkanes of at least 4 members (excludes halogenated alkanes) is 3. The lowest BCUT2D eigenvalue weighted by Gasteiger charge is -2.24. The summed E-state index contributed by atoms with van der Waals surface area (Å²) in [4.78, 5) is 2.46. The first-order valence-electron chi connectivity index (χ1n) is 17.9. The molecule has 9 heteroatoms. The van der Waals surface area contributed by atoms with E-state index in [0.717, 1.165) is 59.5 Å². The predicted octanol–water partition coefficient (Wildman–Crippen LogP) is 14.2. The van der Waals surface area contributed by atoms with Gasteiger partial charge in [0.1, 0.15) is 5.75 Å². The molecule has 5 aromatic rings. The molecule has 0 heterocycles. The van der Waals surface area contributed by atoms with Gasteiger partial charge < -0.3 is 14.4 Å². The Hall–Kier alpha value is -5.70. The minimum atomic E-state index is 0.282. The SMILES string of the molecule is C=C(OCCCC)Oc1ccc(N=Nc2ccc(N=Nc3ccc(N=Nc4ccc(N(CCCC)CCCC)cc4)cc3)c3ccccc23)cc1. The summed E-state index contributed by atoms with van der Waals surface area (Å²) in [6.45, 7) is 13.1. The highest BCUT2D eigenvalue weighted by molar-refractivity contribution is 5.99. The molecule has 0 amide bonds. The Kier molecular flexibility index (Phi) is 14.0. The number of ether oxygens (including phenoxy) is 2. The van der Waals surface area contributed by atoms with Crippen molar-refractivity contribution in [1.29, 1.82) is 0 Å². The van der Waals surface area contributed by atoms with E-state index in [4.69, 9.17) is 9.47 Å². The normalized spacial score (nSPS) is 11.6. The van der Waals surface area contributed by atoms with Gasteiger partial charge in [0.25, 0.3) is 5.95 Å². The van der Waals surface area contributed by atoms with Crippen LogP contribution in [-0.4, -0.2) is 19.7 Å². The Bertz CT molecular complexity index is 1910. The smallest absolute Gasteiger partial charge is 0.277 e. The van der Waals surface area contributed by atoms with Gasteiger partial charge >= 0.3 is 0 Å². The minimum Gasteiger partial charge on any atom is -0.466 e. The van der Waals surface area contributed by atoms with Crippen LogP contribution in [0, 0.1) is 0 Å². The fraction of sp³-hybridized carbons (Fsp3) is 0.286. The molecular formula is C42H47N7O2. The summed E-state index contributed by atoms with van der Waals surface area (Å²) in [6, 6.07) is 35.0. The van der Waals surface area contributed by atoms with Crippen molar-refractivity contribution >= 4 is 50.6 Å². The molecule has 5 aromatic carbocycles. The number of hydrogen-bond donors (Lipinski definition) is 0. The molecule has 0 spiro atoms. The Balaban J connectivity index is 1.20. The van der Waals surface area contributed by atoms with Crippen LogP contribution in [0.2, 0.25) is 0 Å². The lowest BCUT2D eigenvalue weighted by molar-refractivity contribution is 0.106. The third-order valence-corrected chi connectivity index (χ3v) is 8.16. The van der Waals surface area contributed by atoms with Gasteiger partial charge in [-0.15, -0.1) is 10.2 Å². The van der Waals surface area contributed by atoms with Gasteiger partial charge in [0.15, 0.2) is 0 Å². The quantitative estimate of drug-likeness (QED) is 0.0493. The van der Waals surface area contributed by atoms with E-state index >= 15 is 0 Å². The van der Waals surface area contributed by atoms with E-state index in [9.17, 15) is 0 Å². The van der Waals surface area contributed by atoms with Gasteiger partial charge in [-0.3, -0.25) is 0 Å². The van der Waals surface area contributed by atoms with Crippen LogP contribution >= 0.6 is 0 Å². The number of azo groups is 3. The van der Waals surface area contributed by atoms with E-state index in [2.05, 4.69) is 75.1 Å². The van der Waals surface area contributed by atoms with Crippen molar-refractivity contribution in [3.8, 4) is 5.75 Å². The van der Waals surface area contributed by atoms with Crippen LogP contribution in [0.4, 0.5) is 39.8 Å². The molecule has 0 aliphatic rings. The van der Waals surface area contributed by atoms with E-state index < -0.39 is 0 Å². The van der Waals surface area contributed by atoms with Crippen LogP contribution in [0.1, 0.15) is 59.3 Å². The molecule has 0 N–H and O–H groups in total. The predicted molar refractivity (Wildman–Crippen MR) is 208 cm³/mol. The molecule has 51 heavy (non-hydrogen) atoms. The first-order valence-corrected chi connectivity index (χ1v) is 17.9. The molecule has 0 bridgehead atoms. The van der Waals surface area contributed by atoms with E-state index in [1.54, 1.807) is 0 Å². The summed E-state index contributed by atoms with van der Waals surface area (Å²) in [6.07, 6.45) is 6.77. The molecule has 0 aliphatic carbocycles. The Morgan fingerprint density at radius 1 is 0.529 bits per heavy atom. The number of anilines is 1. The number of benzene rings is 5. The lowest BCUT2D eigenvalue weighted by atomic mass is 10.1. The van der Waals surface area contributed by atoms with Gasteiger partial charge in [0, 0.05) is 29.5 Å². The molecule has 9 nitrogen and oxygen atoms in total. The lowest BCUT2D eigenvalue weighted by Crippen LogP contribution is -2.25. The van der Waals surface area contributed by atoms with E-state index in [1.807, 2.05) is 97.1 Å². The maximum Gasteiger partial charge on any atom is 0.277 e. The monoisotopic (exact) mass is 681 g/mol. The van der Waals surface area contributed by atoms with Crippen LogP contribution in [0.25, 0.3) is 10.8 Å². The summed E-state index contributed by atoms with van der Waals surface area (Å²) in [5, 5.41) is 28.8. The molecule has 0 atom stereocenters. The molecular weight excluding hydrogens is 635 g/mol. The molecule has 0 aromatic heterocycles. The van der Waals surface area contributed by atoms with Gasteiger partial charge in [-0.25, -0.2) is 0 Å². The van der Waals surface area contributed by atoms with E-state index in [-0.39, 0.29) is 5.95 Å². The third kappa shape index (κ3) is 11.2. The summed E-state index contributed by atoms with van der Waals surface area (Å²) in [5.41, 5.74) is 5.69. The highest BCUT2D eigenvalue weighted by Gasteiger charge is 2.07. The Morgan fingerprint density at radius 2 is 0.961 bits per heavy atom. The van der Waals surface area contributed by atoms with Crippen molar-refractivity contribution in [3.63, 3.8) is 0 Å². The molecule has 262 valence electrons. The highest BCUT2D eigenvalue weighted by atomic mass is 16.7. The van der Waals surface area contributed by atoms with Crippen molar-refractivity contribution < 1.29 is 9.47 Å². The fourth-order valence-corrected chi connectivity index (χ4v) is 5.24. The molecule has 0 aliphatic heterocycles. The van der Waals surface area contributed by atoms with Crippen molar-refractivity contribution in [1.82, 2.24) is 0 Å². The number of hydrogen-bond acceptors (Lipinski definition) is 9. The van der Waals surface area contributed by atoms with Gasteiger partial charge in [-0.1, -0.05) is 64.3 Å². The Labute approximate surface area is 301 Å². The fourth-order valence-electron chi connectivity index (χ4n) is 5.24. The molecule has 5 rings (SSSR count). The summed E-state index contributed by atoms with van der Waals surface area (Å²) in [7, 11) is 0. The first kappa shape index (κ1) is 36.6. The van der Waals surface area contributed by atoms with Crippen LogP contribution in [0.3, 0.4) is 0 Å². The van der Waals surface area contributed by atoms with E-state index in [0.29, 0.717) is 23.7 Å². The standard InChI is InChI=1S/C42H47N7O2/c1-5-8-29-49(30-9-6-2)37-23-19-35(20-24-37)44-43-33-15-17-34(18-16-33)45-47-41-27-28-42(40-14-12-11-13-39(40)41)48-46-36-21-25-38(26-22-36)51-32(4)50-31-10-7-3/h11-28H,4-10,29-31H2,1-3H3. The second-order valence-electron chi connectivity index (χ2n) is 12.1. The summed E-state index contributed by atoms with van der Waals surface area (Å²) < 4.78 is 11.1. The topological polar surface area (TPSA) is 95.9 Å². The first-order chi connectivity index (χ1) is 25.1. The van der Waals surface area contributed by atoms with Crippen molar-refractivity contribution in [2.24, 2.45) is 30.7 Å². The zero-order chi connectivity index (χ0) is 35.7. The number of fused-ring (bicyclic) bond motifs is 1.